The Morgan fingerprint density at radius 3 is 2.43 bits per heavy atom. The second kappa shape index (κ2) is 15.6. The van der Waals surface area contributed by atoms with Gasteiger partial charge in [-0.2, -0.15) is 0 Å². The molecule has 0 bridgehead atoms. The van der Waals surface area contributed by atoms with Gasteiger partial charge in [-0.25, -0.2) is 0 Å². The number of rotatable bonds is 13. The molecule has 3 aromatic rings. The van der Waals surface area contributed by atoms with Gasteiger partial charge in [0.05, 0.1) is 24.1 Å². The van der Waals surface area contributed by atoms with E-state index in [9.17, 15) is 24.6 Å². The van der Waals surface area contributed by atoms with E-state index in [0.29, 0.717) is 25.3 Å². The van der Waals surface area contributed by atoms with E-state index in [4.69, 9.17) is 10.5 Å². The molecule has 1 heterocycles. The van der Waals surface area contributed by atoms with E-state index in [1.165, 1.54) is 16.7 Å². The predicted octanol–water partition coefficient (Wildman–Crippen LogP) is 2.60. The molecular weight excluding hydrogens is 643 g/mol. The fourth-order valence-electron chi connectivity index (χ4n) is 6.73. The highest BCUT2D eigenvalue weighted by Gasteiger charge is 2.50. The largest absolute Gasteiger partial charge is 0.483 e. The van der Waals surface area contributed by atoms with Crippen LogP contribution < -0.4 is 26.4 Å². The van der Waals surface area contributed by atoms with Crippen LogP contribution in [0.15, 0.2) is 66.7 Å². The number of nitrogens with two attached hydrogens (primary N) is 1. The van der Waals surface area contributed by atoms with Crippen LogP contribution in [0.1, 0.15) is 47.7 Å². The molecule has 1 aliphatic carbocycles. The highest BCUT2D eigenvalue weighted by molar-refractivity contribution is 8.00. The molecule has 1 aliphatic heterocycles. The Bertz CT molecular complexity index is 1630. The van der Waals surface area contributed by atoms with E-state index < -0.39 is 52.8 Å². The minimum Gasteiger partial charge on any atom is -0.483 e. The van der Waals surface area contributed by atoms with Crippen LogP contribution in [0.3, 0.4) is 0 Å². The number of benzene rings is 3. The number of aliphatic hydroxyl groups excluding tert-OH is 2. The Balaban J connectivity index is 1.31. The third kappa shape index (κ3) is 8.38. The summed E-state index contributed by atoms with van der Waals surface area (Å²) < 4.78 is 5.25. The number of hydrogen-bond donors (Lipinski definition) is 6. The first-order valence-electron chi connectivity index (χ1n) is 16.6. The van der Waals surface area contributed by atoms with E-state index in [1.54, 1.807) is 0 Å². The highest BCUT2D eigenvalue weighted by atomic mass is 32.2. The molecule has 0 saturated carbocycles. The second-order valence-electron chi connectivity index (χ2n) is 13.3. The summed E-state index contributed by atoms with van der Waals surface area (Å²) in [5, 5.41) is 31.5. The van der Waals surface area contributed by atoms with Crippen LogP contribution in [-0.4, -0.2) is 87.4 Å². The van der Waals surface area contributed by atoms with Crippen molar-refractivity contribution in [1.29, 1.82) is 0 Å². The van der Waals surface area contributed by atoms with Gasteiger partial charge in [-0.3, -0.25) is 14.4 Å². The lowest BCUT2D eigenvalue weighted by Crippen LogP contribution is -2.59. The van der Waals surface area contributed by atoms with E-state index >= 15 is 0 Å². The SMILES string of the molecule is Cc1cc(NCCN)cc(C)c1OCC(=O)N[C@@H](Cc1ccccc1)[C@H](O)C(=O)N1CSC(C)(C)[C@H]1C(=O)N[C@H]1c2ccccc2C[C@H]1O. The predicted molar refractivity (Wildman–Crippen MR) is 191 cm³/mol. The quantitative estimate of drug-likeness (QED) is 0.158. The van der Waals surface area contributed by atoms with Crippen molar-refractivity contribution in [2.24, 2.45) is 5.73 Å². The van der Waals surface area contributed by atoms with Crippen molar-refractivity contribution in [3.8, 4) is 5.75 Å². The van der Waals surface area contributed by atoms with Crippen molar-refractivity contribution in [3.05, 3.63) is 94.5 Å². The van der Waals surface area contributed by atoms with Crippen molar-refractivity contribution in [1.82, 2.24) is 15.5 Å². The molecule has 5 rings (SSSR count). The molecule has 5 atom stereocenters. The number of carbonyl (C=O) groups excluding carboxylic acids is 3. The van der Waals surface area contributed by atoms with Gasteiger partial charge in [0.15, 0.2) is 12.7 Å². The van der Waals surface area contributed by atoms with Gasteiger partial charge in [0, 0.05) is 29.9 Å². The van der Waals surface area contributed by atoms with Crippen LogP contribution in [0.2, 0.25) is 0 Å². The first-order chi connectivity index (χ1) is 23.4. The summed E-state index contributed by atoms with van der Waals surface area (Å²) in [6.45, 7) is 8.34. The third-order valence-corrected chi connectivity index (χ3v) is 10.5. The minimum atomic E-state index is -1.65. The number of ether oxygens (including phenoxy) is 1. The maximum Gasteiger partial charge on any atom is 0.258 e. The molecule has 2 aliphatic rings. The zero-order valence-corrected chi connectivity index (χ0v) is 29.3. The van der Waals surface area contributed by atoms with Crippen LogP contribution in [0.5, 0.6) is 5.75 Å². The number of fused-ring (bicyclic) bond motifs is 1. The lowest BCUT2D eigenvalue weighted by atomic mass is 9.96. The molecule has 0 aromatic heterocycles. The molecule has 262 valence electrons. The summed E-state index contributed by atoms with van der Waals surface area (Å²) in [5.74, 6) is -0.835. The minimum absolute atomic E-state index is 0.172. The molecule has 3 amide bonds. The van der Waals surface area contributed by atoms with Crippen LogP contribution in [0, 0.1) is 13.8 Å². The number of nitrogens with one attached hydrogen (secondary N) is 3. The molecule has 1 saturated heterocycles. The van der Waals surface area contributed by atoms with Crippen molar-refractivity contribution in [2.75, 3.05) is 30.9 Å². The van der Waals surface area contributed by atoms with Gasteiger partial charge in [0.1, 0.15) is 11.8 Å². The Morgan fingerprint density at radius 2 is 1.73 bits per heavy atom. The van der Waals surface area contributed by atoms with E-state index in [2.05, 4.69) is 16.0 Å². The van der Waals surface area contributed by atoms with E-state index in [0.717, 1.165) is 33.5 Å². The van der Waals surface area contributed by atoms with Crippen molar-refractivity contribution in [3.63, 3.8) is 0 Å². The van der Waals surface area contributed by atoms with Crippen LogP contribution in [-0.2, 0) is 27.2 Å². The lowest BCUT2D eigenvalue weighted by Gasteiger charge is -2.34. The average Bonchev–Trinajstić information content (AvgIpc) is 3.56. The van der Waals surface area contributed by atoms with Gasteiger partial charge in [-0.05, 0) is 74.1 Å². The number of carbonyl (C=O) groups is 3. The second-order valence-corrected chi connectivity index (χ2v) is 14.9. The lowest BCUT2D eigenvalue weighted by molar-refractivity contribution is -0.148. The number of aryl methyl sites for hydroxylation is 2. The number of nitrogens with zero attached hydrogens (tertiary/aromatic N) is 1. The van der Waals surface area contributed by atoms with Gasteiger partial charge in [-0.15, -0.1) is 11.8 Å². The summed E-state index contributed by atoms with van der Waals surface area (Å²) >= 11 is 1.43. The van der Waals surface area contributed by atoms with Gasteiger partial charge in [0.25, 0.3) is 11.8 Å². The van der Waals surface area contributed by atoms with Gasteiger partial charge in [-0.1, -0.05) is 54.6 Å². The molecule has 11 nitrogen and oxygen atoms in total. The number of aliphatic hydroxyl groups is 2. The molecule has 12 heteroatoms. The molecule has 1 fully saturated rings. The molecular formula is C37H47N5O6S. The monoisotopic (exact) mass is 689 g/mol. The number of amides is 3. The molecule has 3 aromatic carbocycles. The number of thioether (sulfide) groups is 1. The normalized spacial score (nSPS) is 20.6. The highest BCUT2D eigenvalue weighted by Crippen LogP contribution is 2.41. The molecule has 49 heavy (non-hydrogen) atoms. The van der Waals surface area contributed by atoms with Gasteiger partial charge < -0.3 is 41.5 Å². The fraction of sp³-hybridized carbons (Fsp3) is 0.432. The maximum absolute atomic E-state index is 14.1. The Hall–Kier alpha value is -4.10. The summed E-state index contributed by atoms with van der Waals surface area (Å²) in [5.41, 5.74) is 10.8. The maximum atomic E-state index is 14.1. The Morgan fingerprint density at radius 1 is 1.06 bits per heavy atom. The van der Waals surface area contributed by atoms with Gasteiger partial charge in [0.2, 0.25) is 5.91 Å². The molecule has 0 spiro atoms. The first-order valence-corrected chi connectivity index (χ1v) is 17.6. The summed E-state index contributed by atoms with van der Waals surface area (Å²) in [7, 11) is 0. The standard InChI is InChI=1S/C37H47N5O6S/c1-22-16-26(39-15-14-38)17-23(2)33(22)48-20-30(44)40-28(18-24-10-6-5-7-11-24)32(45)36(47)42-21-49-37(3,4)34(42)35(46)41-31-27-13-9-8-12-25(27)19-29(31)43/h5-13,16-17,28-29,31-32,34,39,43,45H,14-15,18-21,38H2,1-4H3,(H,40,44)(H,41,46)/t28-,29+,31-,32-,34+/m0/s1. The molecule has 7 N–H and O–H groups in total. The summed E-state index contributed by atoms with van der Waals surface area (Å²) in [6, 6.07) is 18.1. The fourth-order valence-corrected chi connectivity index (χ4v) is 7.87. The summed E-state index contributed by atoms with van der Waals surface area (Å²) in [6.07, 6.45) is -1.85. The smallest absolute Gasteiger partial charge is 0.258 e. The zero-order chi connectivity index (χ0) is 35.3. The number of hydrogen-bond acceptors (Lipinski definition) is 9. The van der Waals surface area contributed by atoms with Crippen molar-refractivity contribution >= 4 is 35.2 Å². The Labute approximate surface area is 292 Å². The molecule has 0 unspecified atom stereocenters. The topological polar surface area (TPSA) is 166 Å². The average molecular weight is 690 g/mol. The van der Waals surface area contributed by atoms with E-state index in [-0.39, 0.29) is 18.9 Å². The van der Waals surface area contributed by atoms with Gasteiger partial charge >= 0.3 is 0 Å². The Kier molecular flexibility index (Phi) is 11.5. The van der Waals surface area contributed by atoms with Crippen molar-refractivity contribution in [2.45, 2.75) is 75.6 Å². The zero-order valence-electron chi connectivity index (χ0n) is 28.4. The first kappa shape index (κ1) is 36.2. The van der Waals surface area contributed by atoms with Crippen LogP contribution >= 0.6 is 11.8 Å². The summed E-state index contributed by atoms with van der Waals surface area (Å²) in [4.78, 5) is 42.6. The molecule has 0 radical (unpaired) electrons. The third-order valence-electron chi connectivity index (χ3n) is 9.14. The van der Waals surface area contributed by atoms with Crippen molar-refractivity contribution < 1.29 is 29.3 Å². The van der Waals surface area contributed by atoms with E-state index in [1.807, 2.05) is 94.4 Å². The number of anilines is 1. The van der Waals surface area contributed by atoms with Crippen LogP contribution in [0.4, 0.5) is 5.69 Å². The van der Waals surface area contributed by atoms with Crippen LogP contribution in [0.25, 0.3) is 0 Å².